The van der Waals surface area contributed by atoms with Gasteiger partial charge in [-0.2, -0.15) is 0 Å². The Hall–Kier alpha value is -3.06. The van der Waals surface area contributed by atoms with Crippen molar-refractivity contribution in [1.29, 1.82) is 0 Å². The third-order valence-corrected chi connectivity index (χ3v) is 7.25. The van der Waals surface area contributed by atoms with Gasteiger partial charge in [-0.25, -0.2) is 0 Å². The van der Waals surface area contributed by atoms with E-state index >= 15 is 0 Å². The molecule has 0 unspecified atom stereocenters. The number of aromatic nitrogens is 1. The topological polar surface area (TPSA) is 88.5 Å². The SMILES string of the molecule is CC(C)(C(=O)O)c1cc(CC(=O)[C@H](Cc2ccc(Cl)cc2)NC[C@@H]2CCCO2)cc(-c2ccncc2)c1. The van der Waals surface area contributed by atoms with Crippen LogP contribution in [0.25, 0.3) is 11.1 Å². The van der Waals surface area contributed by atoms with E-state index in [-0.39, 0.29) is 18.3 Å². The fourth-order valence-corrected chi connectivity index (χ4v) is 4.67. The van der Waals surface area contributed by atoms with Crippen LogP contribution in [-0.4, -0.2) is 47.1 Å². The minimum absolute atomic E-state index is 0.0407. The number of aliphatic carboxylic acids is 1. The lowest BCUT2D eigenvalue weighted by molar-refractivity contribution is -0.142. The molecule has 2 aromatic carbocycles. The predicted molar refractivity (Wildman–Crippen MR) is 145 cm³/mol. The van der Waals surface area contributed by atoms with Crippen molar-refractivity contribution in [3.63, 3.8) is 0 Å². The Balaban J connectivity index is 1.62. The molecule has 1 aliphatic rings. The molecule has 37 heavy (non-hydrogen) atoms. The first-order valence-electron chi connectivity index (χ1n) is 12.6. The van der Waals surface area contributed by atoms with E-state index in [9.17, 15) is 14.7 Å². The lowest BCUT2D eigenvalue weighted by Gasteiger charge is -2.23. The Kier molecular flexibility index (Phi) is 8.75. The molecule has 1 saturated heterocycles. The number of carboxylic acids is 1. The number of carboxylic acid groups (broad SMARTS) is 1. The Morgan fingerprint density at radius 3 is 2.46 bits per heavy atom. The van der Waals surface area contributed by atoms with Crippen LogP contribution in [0.3, 0.4) is 0 Å². The van der Waals surface area contributed by atoms with Crippen LogP contribution in [-0.2, 0) is 32.6 Å². The van der Waals surface area contributed by atoms with Gasteiger partial charge in [-0.3, -0.25) is 14.6 Å². The summed E-state index contributed by atoms with van der Waals surface area (Å²) in [6, 6.07) is 16.6. The van der Waals surface area contributed by atoms with Crippen molar-refractivity contribution in [1.82, 2.24) is 10.3 Å². The van der Waals surface area contributed by atoms with Crippen molar-refractivity contribution in [2.45, 2.75) is 57.1 Å². The van der Waals surface area contributed by atoms with Gasteiger partial charge in [0.1, 0.15) is 0 Å². The van der Waals surface area contributed by atoms with Crippen molar-refractivity contribution in [3.8, 4) is 11.1 Å². The molecule has 0 amide bonds. The fraction of sp³-hybridized carbons (Fsp3) is 0.367. The largest absolute Gasteiger partial charge is 0.481 e. The molecule has 1 fully saturated rings. The number of hydrogen-bond donors (Lipinski definition) is 2. The Morgan fingerprint density at radius 1 is 1.08 bits per heavy atom. The molecule has 6 nitrogen and oxygen atoms in total. The van der Waals surface area contributed by atoms with Crippen molar-refractivity contribution >= 4 is 23.4 Å². The summed E-state index contributed by atoms with van der Waals surface area (Å²) in [5.74, 6) is -0.880. The number of Topliss-reactive ketones (excluding diaryl/α,β-unsaturated/α-hetero) is 1. The number of nitrogens with zero attached hydrogens (tertiary/aromatic N) is 1. The highest BCUT2D eigenvalue weighted by atomic mass is 35.5. The number of nitrogens with one attached hydrogen (secondary N) is 1. The monoisotopic (exact) mass is 520 g/mol. The van der Waals surface area contributed by atoms with E-state index in [2.05, 4.69) is 10.3 Å². The number of pyridine rings is 1. The molecule has 1 aliphatic heterocycles. The molecule has 0 radical (unpaired) electrons. The van der Waals surface area contributed by atoms with Crippen LogP contribution < -0.4 is 5.32 Å². The van der Waals surface area contributed by atoms with Gasteiger partial charge in [0.15, 0.2) is 5.78 Å². The molecule has 0 saturated carbocycles. The minimum Gasteiger partial charge on any atom is -0.481 e. The van der Waals surface area contributed by atoms with E-state index in [4.69, 9.17) is 16.3 Å². The number of carbonyl (C=O) groups is 2. The number of ketones is 1. The summed E-state index contributed by atoms with van der Waals surface area (Å²) in [7, 11) is 0. The second-order valence-corrected chi connectivity index (χ2v) is 10.6. The Bertz CT molecular complexity index is 1220. The first kappa shape index (κ1) is 27.0. The molecule has 2 N–H and O–H groups in total. The molecule has 2 atom stereocenters. The van der Waals surface area contributed by atoms with Gasteiger partial charge < -0.3 is 15.2 Å². The van der Waals surface area contributed by atoms with Crippen LogP contribution in [0.15, 0.2) is 67.0 Å². The zero-order valence-corrected chi connectivity index (χ0v) is 22.0. The maximum atomic E-state index is 13.7. The number of rotatable bonds is 11. The molecule has 1 aromatic heterocycles. The van der Waals surface area contributed by atoms with Gasteiger partial charge in [0, 0.05) is 37.0 Å². The normalized spacial score (nSPS) is 16.5. The molecule has 2 heterocycles. The van der Waals surface area contributed by atoms with Crippen molar-refractivity contribution in [2.24, 2.45) is 0 Å². The quantitative estimate of drug-likeness (QED) is 0.359. The van der Waals surface area contributed by atoms with Gasteiger partial charge in [0.2, 0.25) is 0 Å². The molecule has 4 rings (SSSR count). The highest BCUT2D eigenvalue weighted by molar-refractivity contribution is 6.30. The summed E-state index contributed by atoms with van der Waals surface area (Å²) in [5, 5.41) is 14.0. The second kappa shape index (κ2) is 12.0. The molecular formula is C30H33ClN2O4. The van der Waals surface area contributed by atoms with E-state index in [0.717, 1.165) is 41.7 Å². The minimum atomic E-state index is -1.11. The van der Waals surface area contributed by atoms with Gasteiger partial charge in [0.25, 0.3) is 0 Å². The van der Waals surface area contributed by atoms with Crippen molar-refractivity contribution in [2.75, 3.05) is 13.2 Å². The zero-order chi connectivity index (χ0) is 26.4. The maximum absolute atomic E-state index is 13.7. The van der Waals surface area contributed by atoms with Gasteiger partial charge >= 0.3 is 5.97 Å². The summed E-state index contributed by atoms with van der Waals surface area (Å²) >= 11 is 6.06. The molecule has 0 spiro atoms. The number of halogens is 1. The van der Waals surface area contributed by atoms with E-state index in [1.54, 1.807) is 26.2 Å². The lowest BCUT2D eigenvalue weighted by Crippen LogP contribution is -2.43. The van der Waals surface area contributed by atoms with Gasteiger partial charge in [-0.1, -0.05) is 41.9 Å². The average Bonchev–Trinajstić information content (AvgIpc) is 3.41. The third-order valence-electron chi connectivity index (χ3n) is 7.00. The summed E-state index contributed by atoms with van der Waals surface area (Å²) in [4.78, 5) is 29.8. The third kappa shape index (κ3) is 7.04. The Labute approximate surface area is 223 Å². The van der Waals surface area contributed by atoms with Gasteiger partial charge in [-0.05, 0) is 85.2 Å². The Morgan fingerprint density at radius 2 is 1.81 bits per heavy atom. The summed E-state index contributed by atoms with van der Waals surface area (Å²) in [6.45, 7) is 4.72. The molecule has 194 valence electrons. The first-order valence-corrected chi connectivity index (χ1v) is 13.0. The van der Waals surface area contributed by atoms with Crippen molar-refractivity contribution < 1.29 is 19.4 Å². The van der Waals surface area contributed by atoms with E-state index in [1.165, 1.54) is 0 Å². The summed E-state index contributed by atoms with van der Waals surface area (Å²) in [6.07, 6.45) is 6.23. The fourth-order valence-electron chi connectivity index (χ4n) is 4.55. The highest BCUT2D eigenvalue weighted by Crippen LogP contribution is 2.30. The van der Waals surface area contributed by atoms with E-state index < -0.39 is 17.4 Å². The van der Waals surface area contributed by atoms with Gasteiger partial charge in [-0.15, -0.1) is 0 Å². The molecule has 0 aliphatic carbocycles. The zero-order valence-electron chi connectivity index (χ0n) is 21.2. The van der Waals surface area contributed by atoms with Crippen LogP contribution >= 0.6 is 11.6 Å². The lowest BCUT2D eigenvalue weighted by atomic mass is 9.81. The number of ether oxygens (including phenoxy) is 1. The molecule has 0 bridgehead atoms. The van der Waals surface area contributed by atoms with Crippen LogP contribution in [0.2, 0.25) is 5.02 Å². The number of benzene rings is 2. The molecule has 7 heteroatoms. The number of hydrogen-bond acceptors (Lipinski definition) is 5. The smallest absolute Gasteiger partial charge is 0.313 e. The van der Waals surface area contributed by atoms with Crippen LogP contribution in [0, 0.1) is 0 Å². The molecular weight excluding hydrogens is 488 g/mol. The second-order valence-electron chi connectivity index (χ2n) is 10.2. The first-order chi connectivity index (χ1) is 17.7. The van der Waals surface area contributed by atoms with Crippen LogP contribution in [0.1, 0.15) is 43.4 Å². The highest BCUT2D eigenvalue weighted by Gasteiger charge is 2.31. The average molecular weight is 521 g/mol. The summed E-state index contributed by atoms with van der Waals surface area (Å²) < 4.78 is 5.76. The summed E-state index contributed by atoms with van der Waals surface area (Å²) in [5.41, 5.74) is 3.12. The number of carbonyl (C=O) groups excluding carboxylic acids is 1. The predicted octanol–water partition coefficient (Wildman–Crippen LogP) is 5.26. The molecule has 3 aromatic rings. The van der Waals surface area contributed by atoms with Gasteiger partial charge in [0.05, 0.1) is 17.6 Å². The van der Waals surface area contributed by atoms with Crippen molar-refractivity contribution in [3.05, 3.63) is 88.7 Å². The van der Waals surface area contributed by atoms with Crippen LogP contribution in [0.4, 0.5) is 0 Å². The van der Waals surface area contributed by atoms with Crippen LogP contribution in [0.5, 0.6) is 0 Å². The maximum Gasteiger partial charge on any atom is 0.313 e. The van der Waals surface area contributed by atoms with E-state index in [0.29, 0.717) is 23.6 Å². The standard InChI is InChI=1S/C30H33ClN2O4/c1-30(2,29(35)36)24-15-21(14-23(18-24)22-9-11-32-12-10-22)17-28(34)27(33-19-26-4-3-13-37-26)16-20-5-7-25(31)8-6-20/h5-12,14-15,18,26-27,33H,3-4,13,16-17,19H2,1-2H3,(H,35,36)/t26-,27-/m0/s1. The van der Waals surface area contributed by atoms with E-state index in [1.807, 2.05) is 54.6 Å².